The van der Waals surface area contributed by atoms with Crippen molar-refractivity contribution in [1.29, 1.82) is 0 Å². The van der Waals surface area contributed by atoms with Crippen LogP contribution in [0.1, 0.15) is 28.0 Å². The molecule has 4 aromatic rings. The zero-order chi connectivity index (χ0) is 22.7. The summed E-state index contributed by atoms with van der Waals surface area (Å²) < 4.78 is 26.6. The first-order valence-corrected chi connectivity index (χ1v) is 9.70. The normalized spacial score (nSPS) is 10.7. The standard InChI is InChI=1S/C24H18O8/c1-3-29-24(27)22-20(15-7-4-5-8-17(15)28-2)21(25)16-11-10-14(13-19(16)32-22)31-23(26)18-9-6-12-30-18/h4-13H,3H2,1-2H3. The molecule has 4 rings (SSSR count). The van der Waals surface area contributed by atoms with Gasteiger partial charge in [-0.2, -0.15) is 0 Å². The Hall–Kier alpha value is -4.33. The number of methoxy groups -OCH3 is 1. The third kappa shape index (κ3) is 3.85. The first-order chi connectivity index (χ1) is 15.5. The fourth-order valence-electron chi connectivity index (χ4n) is 3.23. The average molecular weight is 434 g/mol. The highest BCUT2D eigenvalue weighted by molar-refractivity contribution is 5.98. The van der Waals surface area contributed by atoms with Crippen molar-refractivity contribution in [2.75, 3.05) is 13.7 Å². The zero-order valence-corrected chi connectivity index (χ0v) is 17.2. The van der Waals surface area contributed by atoms with Crippen molar-refractivity contribution in [3.63, 3.8) is 0 Å². The van der Waals surface area contributed by atoms with Gasteiger partial charge in [-0.15, -0.1) is 0 Å². The van der Waals surface area contributed by atoms with Crippen LogP contribution in [0.4, 0.5) is 0 Å². The van der Waals surface area contributed by atoms with Crippen LogP contribution in [0, 0.1) is 0 Å². The molecular weight excluding hydrogens is 416 g/mol. The van der Waals surface area contributed by atoms with Crippen LogP contribution in [-0.4, -0.2) is 25.7 Å². The highest BCUT2D eigenvalue weighted by Gasteiger charge is 2.25. The van der Waals surface area contributed by atoms with Gasteiger partial charge in [0.15, 0.2) is 0 Å². The summed E-state index contributed by atoms with van der Waals surface area (Å²) >= 11 is 0. The Bertz CT molecular complexity index is 1350. The molecule has 0 radical (unpaired) electrons. The molecule has 0 spiro atoms. The van der Waals surface area contributed by atoms with Crippen molar-refractivity contribution in [3.05, 3.63) is 82.6 Å². The largest absolute Gasteiger partial charge is 0.496 e. The summed E-state index contributed by atoms with van der Waals surface area (Å²) in [4.78, 5) is 38.2. The summed E-state index contributed by atoms with van der Waals surface area (Å²) in [6.45, 7) is 1.73. The van der Waals surface area contributed by atoms with Crippen molar-refractivity contribution < 1.29 is 32.6 Å². The minimum absolute atomic E-state index is 0.0188. The second kappa shape index (κ2) is 8.81. The van der Waals surface area contributed by atoms with Crippen LogP contribution in [0.5, 0.6) is 11.5 Å². The smallest absolute Gasteiger partial charge is 0.379 e. The number of furan rings is 1. The molecule has 0 aliphatic rings. The first-order valence-electron chi connectivity index (χ1n) is 9.70. The second-order valence-electron chi connectivity index (χ2n) is 6.58. The molecule has 8 heteroatoms. The van der Waals surface area contributed by atoms with Crippen LogP contribution >= 0.6 is 0 Å². The molecule has 0 atom stereocenters. The number of carbonyl (C=O) groups excluding carboxylic acids is 2. The quantitative estimate of drug-likeness (QED) is 0.324. The highest BCUT2D eigenvalue weighted by Crippen LogP contribution is 2.33. The predicted molar refractivity (Wildman–Crippen MR) is 114 cm³/mol. The van der Waals surface area contributed by atoms with E-state index in [-0.39, 0.29) is 40.4 Å². The number of carbonyl (C=O) groups is 2. The average Bonchev–Trinajstić information content (AvgIpc) is 3.34. The fourth-order valence-corrected chi connectivity index (χ4v) is 3.23. The van der Waals surface area contributed by atoms with E-state index in [1.807, 2.05) is 0 Å². The van der Waals surface area contributed by atoms with Gasteiger partial charge in [-0.3, -0.25) is 4.79 Å². The molecule has 162 valence electrons. The van der Waals surface area contributed by atoms with Gasteiger partial charge in [0.1, 0.15) is 17.1 Å². The summed E-state index contributed by atoms with van der Waals surface area (Å²) in [5, 5.41) is 0.191. The Morgan fingerprint density at radius 1 is 1.00 bits per heavy atom. The van der Waals surface area contributed by atoms with E-state index in [9.17, 15) is 14.4 Å². The highest BCUT2D eigenvalue weighted by atomic mass is 16.6. The molecule has 32 heavy (non-hydrogen) atoms. The topological polar surface area (TPSA) is 105 Å². The van der Waals surface area contributed by atoms with Crippen LogP contribution in [0.15, 0.2) is 74.5 Å². The van der Waals surface area contributed by atoms with Crippen molar-refractivity contribution in [1.82, 2.24) is 0 Å². The molecule has 0 saturated carbocycles. The molecule has 0 amide bonds. The molecule has 0 fully saturated rings. The number of ether oxygens (including phenoxy) is 3. The lowest BCUT2D eigenvalue weighted by atomic mass is 10.0. The Kier molecular flexibility index (Phi) is 5.76. The maximum absolute atomic E-state index is 13.4. The van der Waals surface area contributed by atoms with E-state index in [2.05, 4.69) is 0 Å². The maximum atomic E-state index is 13.4. The van der Waals surface area contributed by atoms with Crippen LogP contribution in [0.25, 0.3) is 22.1 Å². The number of hydrogen-bond acceptors (Lipinski definition) is 8. The number of para-hydroxylation sites is 1. The van der Waals surface area contributed by atoms with Gasteiger partial charge < -0.3 is 23.0 Å². The summed E-state index contributed by atoms with van der Waals surface area (Å²) in [5.41, 5.74) is 0.0138. The summed E-state index contributed by atoms with van der Waals surface area (Å²) in [6, 6.07) is 14.1. The molecule has 0 aliphatic carbocycles. The third-order valence-corrected chi connectivity index (χ3v) is 4.63. The van der Waals surface area contributed by atoms with E-state index >= 15 is 0 Å². The lowest BCUT2D eigenvalue weighted by Gasteiger charge is -2.12. The summed E-state index contributed by atoms with van der Waals surface area (Å²) in [7, 11) is 1.46. The van der Waals surface area contributed by atoms with Gasteiger partial charge in [-0.1, -0.05) is 18.2 Å². The molecule has 0 aliphatic heterocycles. The minimum Gasteiger partial charge on any atom is -0.496 e. The molecule has 0 N–H and O–H groups in total. The van der Waals surface area contributed by atoms with E-state index in [1.54, 1.807) is 37.3 Å². The summed E-state index contributed by atoms with van der Waals surface area (Å²) in [5.74, 6) is -1.26. The molecule has 2 heterocycles. The molecule has 8 nitrogen and oxygen atoms in total. The predicted octanol–water partition coefficient (Wildman–Crippen LogP) is 4.46. The fraction of sp³-hybridized carbons (Fsp3) is 0.125. The second-order valence-corrected chi connectivity index (χ2v) is 6.58. The number of rotatable bonds is 6. The van der Waals surface area contributed by atoms with E-state index in [0.717, 1.165) is 0 Å². The molecule has 0 saturated heterocycles. The van der Waals surface area contributed by atoms with Gasteiger partial charge in [0.2, 0.25) is 16.9 Å². The number of benzene rings is 2. The van der Waals surface area contributed by atoms with E-state index < -0.39 is 17.4 Å². The first kappa shape index (κ1) is 20.9. The van der Waals surface area contributed by atoms with E-state index in [4.69, 9.17) is 23.0 Å². The van der Waals surface area contributed by atoms with Crippen molar-refractivity contribution in [2.24, 2.45) is 0 Å². The SMILES string of the molecule is CCOC(=O)c1oc2cc(OC(=O)c3ccco3)ccc2c(=O)c1-c1ccccc1OC. The maximum Gasteiger partial charge on any atom is 0.379 e. The van der Waals surface area contributed by atoms with Gasteiger partial charge in [-0.05, 0) is 37.3 Å². The van der Waals surface area contributed by atoms with Crippen LogP contribution < -0.4 is 14.9 Å². The molecule has 0 bridgehead atoms. The Balaban J connectivity index is 1.88. The molecule has 2 aromatic heterocycles. The van der Waals surface area contributed by atoms with Crippen molar-refractivity contribution >= 4 is 22.9 Å². The van der Waals surface area contributed by atoms with Gasteiger partial charge in [0.05, 0.1) is 30.9 Å². The van der Waals surface area contributed by atoms with Gasteiger partial charge in [0.25, 0.3) is 0 Å². The molecular formula is C24H18O8. The Morgan fingerprint density at radius 3 is 2.53 bits per heavy atom. The van der Waals surface area contributed by atoms with E-state index in [0.29, 0.717) is 11.3 Å². The Morgan fingerprint density at radius 2 is 1.81 bits per heavy atom. The van der Waals surface area contributed by atoms with Crippen molar-refractivity contribution in [2.45, 2.75) is 6.92 Å². The van der Waals surface area contributed by atoms with Crippen LogP contribution in [0.3, 0.4) is 0 Å². The number of esters is 2. The van der Waals surface area contributed by atoms with E-state index in [1.165, 1.54) is 37.6 Å². The zero-order valence-electron chi connectivity index (χ0n) is 17.2. The summed E-state index contributed by atoms with van der Waals surface area (Å²) in [6.07, 6.45) is 1.35. The molecule has 0 unspecified atom stereocenters. The van der Waals surface area contributed by atoms with Gasteiger partial charge in [-0.25, -0.2) is 9.59 Å². The van der Waals surface area contributed by atoms with Crippen molar-refractivity contribution in [3.8, 4) is 22.6 Å². The van der Waals surface area contributed by atoms with Crippen LogP contribution in [-0.2, 0) is 4.74 Å². The third-order valence-electron chi connectivity index (χ3n) is 4.63. The minimum atomic E-state index is -0.801. The Labute approximate surface area is 181 Å². The lowest BCUT2D eigenvalue weighted by Crippen LogP contribution is -2.15. The monoisotopic (exact) mass is 434 g/mol. The number of hydrogen-bond donors (Lipinski definition) is 0. The van der Waals surface area contributed by atoms with Gasteiger partial charge in [0, 0.05) is 11.6 Å². The van der Waals surface area contributed by atoms with Crippen LogP contribution in [0.2, 0.25) is 0 Å². The van der Waals surface area contributed by atoms with Gasteiger partial charge >= 0.3 is 11.9 Å². The lowest BCUT2D eigenvalue weighted by molar-refractivity contribution is 0.0491. The number of fused-ring (bicyclic) bond motifs is 1. The molecule has 2 aromatic carbocycles.